The second-order valence-electron chi connectivity index (χ2n) is 6.78. The van der Waals surface area contributed by atoms with Gasteiger partial charge in [-0.3, -0.25) is 4.79 Å². The van der Waals surface area contributed by atoms with Crippen molar-refractivity contribution >= 4 is 27.7 Å². The van der Waals surface area contributed by atoms with Crippen molar-refractivity contribution in [2.75, 3.05) is 26.7 Å². The van der Waals surface area contributed by atoms with Crippen molar-refractivity contribution in [2.45, 2.75) is 19.5 Å². The molecule has 0 unspecified atom stereocenters. The molecule has 29 heavy (non-hydrogen) atoms. The number of nitrogens with zero attached hydrogens (tertiary/aromatic N) is 2. The van der Waals surface area contributed by atoms with Crippen molar-refractivity contribution in [1.82, 2.24) is 13.9 Å². The van der Waals surface area contributed by atoms with E-state index in [0.29, 0.717) is 31.1 Å². The van der Waals surface area contributed by atoms with E-state index < -0.39 is 10.2 Å². The summed E-state index contributed by atoms with van der Waals surface area (Å²) in [6.45, 7) is 1.13. The van der Waals surface area contributed by atoms with Crippen LogP contribution in [0.3, 0.4) is 0 Å². The first-order valence-electron chi connectivity index (χ1n) is 9.28. The number of ether oxygens (including phenoxy) is 1. The maximum Gasteiger partial charge on any atom is 0.282 e. The lowest BCUT2D eigenvalue weighted by Gasteiger charge is -2.34. The van der Waals surface area contributed by atoms with Crippen LogP contribution < -0.4 is 10.1 Å². The van der Waals surface area contributed by atoms with Gasteiger partial charge < -0.3 is 10.1 Å². The fourth-order valence-electron chi connectivity index (χ4n) is 3.09. The Morgan fingerprint density at radius 1 is 1.03 bits per heavy atom. The van der Waals surface area contributed by atoms with Gasteiger partial charge in [0.2, 0.25) is 5.91 Å². The zero-order valence-electron chi connectivity index (χ0n) is 16.2. The van der Waals surface area contributed by atoms with E-state index in [9.17, 15) is 13.2 Å². The summed E-state index contributed by atoms with van der Waals surface area (Å²) in [4.78, 5) is 12.3. The van der Waals surface area contributed by atoms with Crippen LogP contribution in [0.2, 0.25) is 5.02 Å². The number of halogens is 1. The van der Waals surface area contributed by atoms with Crippen molar-refractivity contribution < 1.29 is 17.9 Å². The predicted molar refractivity (Wildman–Crippen MR) is 112 cm³/mol. The minimum Gasteiger partial charge on any atom is -0.497 e. The van der Waals surface area contributed by atoms with Crippen LogP contribution in [-0.2, 0) is 28.1 Å². The van der Waals surface area contributed by atoms with Gasteiger partial charge in [0, 0.05) is 31.2 Å². The summed E-state index contributed by atoms with van der Waals surface area (Å²) in [5, 5.41) is 3.38. The number of amides is 1. The molecule has 2 aromatic carbocycles. The molecule has 0 radical (unpaired) electrons. The van der Waals surface area contributed by atoms with Crippen molar-refractivity contribution in [1.29, 1.82) is 0 Å². The molecule has 9 heteroatoms. The molecule has 0 aliphatic carbocycles. The second kappa shape index (κ2) is 9.58. The highest BCUT2D eigenvalue weighted by atomic mass is 35.5. The van der Waals surface area contributed by atoms with Crippen LogP contribution in [0.25, 0.3) is 0 Å². The number of carbonyl (C=O) groups excluding carboxylic acids is 1. The molecule has 0 aromatic heterocycles. The van der Waals surface area contributed by atoms with Gasteiger partial charge in [0.1, 0.15) is 5.75 Å². The predicted octanol–water partition coefficient (Wildman–Crippen LogP) is 2.42. The number of nitrogens with one attached hydrogen (secondary N) is 1. The molecule has 2 aromatic rings. The van der Waals surface area contributed by atoms with Gasteiger partial charge in [-0.1, -0.05) is 35.9 Å². The lowest BCUT2D eigenvalue weighted by molar-refractivity contribution is -0.121. The first kappa shape index (κ1) is 21.6. The molecule has 3 rings (SSSR count). The first-order valence-corrected chi connectivity index (χ1v) is 11.1. The molecule has 1 N–H and O–H groups in total. The van der Waals surface area contributed by atoms with Crippen LogP contribution >= 0.6 is 11.6 Å². The molecule has 1 fully saturated rings. The summed E-state index contributed by atoms with van der Waals surface area (Å²) in [7, 11) is -2.11. The fraction of sp³-hybridized carbons (Fsp3) is 0.350. The number of carbonyl (C=O) groups is 1. The average molecular weight is 438 g/mol. The fourth-order valence-corrected chi connectivity index (χ4v) is 4.86. The Morgan fingerprint density at radius 3 is 2.31 bits per heavy atom. The molecule has 1 heterocycles. The molecule has 7 nitrogen and oxygen atoms in total. The van der Waals surface area contributed by atoms with E-state index >= 15 is 0 Å². The third-order valence-electron chi connectivity index (χ3n) is 4.71. The molecule has 0 saturated carbocycles. The minimum atomic E-state index is -3.70. The standard InChI is InChI=1S/C20H24ClN3O4S/c1-28-19-9-5-16(6-10-19)13-22-20(25)15-24-12-2-11-23(29(24,26)27)14-17-3-7-18(21)8-4-17/h3-10H,2,11-15H2,1H3,(H,22,25). The largest absolute Gasteiger partial charge is 0.497 e. The molecule has 1 aliphatic rings. The zero-order valence-corrected chi connectivity index (χ0v) is 17.7. The van der Waals surface area contributed by atoms with Gasteiger partial charge in [0.05, 0.1) is 13.7 Å². The maximum atomic E-state index is 12.9. The summed E-state index contributed by atoms with van der Waals surface area (Å²) in [5.74, 6) is 0.401. The van der Waals surface area contributed by atoms with Gasteiger partial charge in [-0.15, -0.1) is 0 Å². The molecule has 1 saturated heterocycles. The van der Waals surface area contributed by atoms with E-state index in [4.69, 9.17) is 16.3 Å². The Balaban J connectivity index is 1.57. The summed E-state index contributed by atoms with van der Waals surface area (Å²) in [6, 6.07) is 14.4. The average Bonchev–Trinajstić information content (AvgIpc) is 2.71. The molecular weight excluding hydrogens is 414 g/mol. The molecule has 0 spiro atoms. The Hall–Kier alpha value is -2.13. The molecular formula is C20H24ClN3O4S. The van der Waals surface area contributed by atoms with Crippen molar-refractivity contribution in [3.63, 3.8) is 0 Å². The lowest BCUT2D eigenvalue weighted by Crippen LogP contribution is -2.52. The quantitative estimate of drug-likeness (QED) is 0.721. The third-order valence-corrected chi connectivity index (χ3v) is 6.89. The number of benzene rings is 2. The van der Waals surface area contributed by atoms with Crippen LogP contribution in [0.1, 0.15) is 17.5 Å². The van der Waals surface area contributed by atoms with Crippen LogP contribution in [0.15, 0.2) is 48.5 Å². The van der Waals surface area contributed by atoms with E-state index in [2.05, 4.69) is 5.32 Å². The summed E-state index contributed by atoms with van der Waals surface area (Å²) in [5.41, 5.74) is 1.76. The number of hydrogen-bond acceptors (Lipinski definition) is 4. The van der Waals surface area contributed by atoms with Crippen LogP contribution in [0, 0.1) is 0 Å². The van der Waals surface area contributed by atoms with Gasteiger partial charge in [0.15, 0.2) is 0 Å². The SMILES string of the molecule is COc1ccc(CNC(=O)CN2CCCN(Cc3ccc(Cl)cc3)S2(=O)=O)cc1. The van der Waals surface area contributed by atoms with E-state index in [1.165, 1.54) is 8.61 Å². The molecule has 1 amide bonds. The van der Waals surface area contributed by atoms with Crippen molar-refractivity contribution in [2.24, 2.45) is 0 Å². The Bertz CT molecular complexity index is 933. The highest BCUT2D eigenvalue weighted by Crippen LogP contribution is 2.20. The summed E-state index contributed by atoms with van der Waals surface area (Å²) >= 11 is 5.89. The highest BCUT2D eigenvalue weighted by molar-refractivity contribution is 7.86. The molecule has 1 aliphatic heterocycles. The van der Waals surface area contributed by atoms with Gasteiger partial charge in [-0.05, 0) is 41.8 Å². The highest BCUT2D eigenvalue weighted by Gasteiger charge is 2.34. The minimum absolute atomic E-state index is 0.199. The topological polar surface area (TPSA) is 79.0 Å². The number of methoxy groups -OCH3 is 1. The smallest absolute Gasteiger partial charge is 0.282 e. The molecule has 0 bridgehead atoms. The Morgan fingerprint density at radius 2 is 1.66 bits per heavy atom. The van der Waals surface area contributed by atoms with E-state index in [1.54, 1.807) is 31.4 Å². The number of rotatable bonds is 7. The third kappa shape index (κ3) is 5.70. The Kier molecular flexibility index (Phi) is 7.13. The monoisotopic (exact) mass is 437 g/mol. The van der Waals surface area contributed by atoms with Crippen LogP contribution in [-0.4, -0.2) is 49.7 Å². The van der Waals surface area contributed by atoms with Crippen molar-refractivity contribution in [3.8, 4) is 5.75 Å². The molecule has 0 atom stereocenters. The Labute approximate surface area is 176 Å². The second-order valence-corrected chi connectivity index (χ2v) is 9.14. The van der Waals surface area contributed by atoms with Crippen LogP contribution in [0.5, 0.6) is 5.75 Å². The van der Waals surface area contributed by atoms with Gasteiger partial charge in [-0.2, -0.15) is 17.0 Å². The molecule has 156 valence electrons. The lowest BCUT2D eigenvalue weighted by atomic mass is 10.2. The van der Waals surface area contributed by atoms with Crippen LogP contribution in [0.4, 0.5) is 0 Å². The van der Waals surface area contributed by atoms with E-state index in [-0.39, 0.29) is 19.0 Å². The first-order chi connectivity index (χ1) is 13.9. The normalized spacial score (nSPS) is 17.0. The van der Waals surface area contributed by atoms with E-state index in [0.717, 1.165) is 16.9 Å². The zero-order chi connectivity index (χ0) is 20.9. The van der Waals surface area contributed by atoms with Gasteiger partial charge in [-0.25, -0.2) is 0 Å². The van der Waals surface area contributed by atoms with E-state index in [1.807, 2.05) is 24.3 Å². The van der Waals surface area contributed by atoms with Crippen molar-refractivity contribution in [3.05, 3.63) is 64.7 Å². The maximum absolute atomic E-state index is 12.9. The number of hydrogen-bond donors (Lipinski definition) is 1. The summed E-state index contributed by atoms with van der Waals surface area (Å²) in [6.07, 6.45) is 0.665. The summed E-state index contributed by atoms with van der Waals surface area (Å²) < 4.78 is 33.5. The van der Waals surface area contributed by atoms with Gasteiger partial charge in [0.25, 0.3) is 10.2 Å². The van der Waals surface area contributed by atoms with Gasteiger partial charge >= 0.3 is 0 Å².